The molecule has 350 valence electrons. The zero-order chi connectivity index (χ0) is 49.8. The predicted molar refractivity (Wildman–Crippen MR) is 271 cm³/mol. The van der Waals surface area contributed by atoms with E-state index in [0.717, 1.165) is 28.6 Å². The van der Waals surface area contributed by atoms with Gasteiger partial charge in [0.05, 0.1) is 0 Å². The van der Waals surface area contributed by atoms with Gasteiger partial charge in [-0.1, -0.05) is 109 Å². The van der Waals surface area contributed by atoms with E-state index in [0.29, 0.717) is 0 Å². The normalized spacial score (nSPS) is 7.44. The van der Waals surface area contributed by atoms with Crippen LogP contribution in [0.5, 0.6) is 0 Å². The Labute approximate surface area is 385 Å². The minimum atomic E-state index is 0.759. The SMILES string of the molecule is CC.CC.CC.CC.CC.CC.CC.Cc1ccccn1.Cc1cccnc1.Cc1ccncc1.Cc1ccncn1.Cc1cncnc1.Cc1ncccn1.Cc1ncncn1. The van der Waals surface area contributed by atoms with Gasteiger partial charge < -0.3 is 0 Å². The molecule has 0 aliphatic carbocycles. The standard InChI is InChI=1S/3C6H7N.3C5H6N2.C4H5N3.7C2H6/c1-6-2-4-7-5-3-6;1-6-3-2-4-7-5-6;1-6-4-2-3-5-7-6;1-5-2-6-4-7-3-5;1-5-2-3-6-4-7-5;1-5-6-3-2-4-7-5;1-4-6-2-5-3-7-4;7*1-2/h3*2-5H,1H3;3*2-4H,1H3;2-3H,1H3;7*1-2H3. The third-order valence-electron chi connectivity index (χ3n) is 5.21. The fourth-order valence-corrected chi connectivity index (χ4v) is 2.72. The quantitative estimate of drug-likeness (QED) is 0.142. The highest BCUT2D eigenvalue weighted by Gasteiger charge is 1.78. The first kappa shape index (κ1) is 71.2. The molecule has 7 aromatic heterocycles. The second kappa shape index (κ2) is 67.5. The van der Waals surface area contributed by atoms with Gasteiger partial charge in [-0.05, 0) is 108 Å². The molecule has 12 nitrogen and oxygen atoms in total. The van der Waals surface area contributed by atoms with Crippen molar-refractivity contribution in [1.82, 2.24) is 59.8 Å². The molecule has 7 heterocycles. The van der Waals surface area contributed by atoms with Crippen LogP contribution < -0.4 is 0 Å². The number of aromatic nitrogens is 12. The van der Waals surface area contributed by atoms with Crippen molar-refractivity contribution in [3.8, 4) is 0 Å². The van der Waals surface area contributed by atoms with Gasteiger partial charge in [-0.3, -0.25) is 15.0 Å². The van der Waals surface area contributed by atoms with Crippen molar-refractivity contribution < 1.29 is 0 Å². The lowest BCUT2D eigenvalue weighted by molar-refractivity contribution is 0.974. The minimum Gasteiger partial charge on any atom is -0.265 e. The Morgan fingerprint density at radius 2 is 0.698 bits per heavy atom. The van der Waals surface area contributed by atoms with Gasteiger partial charge in [-0.2, -0.15) is 0 Å². The van der Waals surface area contributed by atoms with Crippen molar-refractivity contribution >= 4 is 0 Å². The zero-order valence-electron chi connectivity index (χ0n) is 43.1. The van der Waals surface area contributed by atoms with Crippen LogP contribution in [0.2, 0.25) is 0 Å². The van der Waals surface area contributed by atoms with Gasteiger partial charge in [0.1, 0.15) is 37.0 Å². The van der Waals surface area contributed by atoms with E-state index >= 15 is 0 Å². The summed E-state index contributed by atoms with van der Waals surface area (Å²) < 4.78 is 0. The van der Waals surface area contributed by atoms with E-state index in [1.807, 2.05) is 200 Å². The highest BCUT2D eigenvalue weighted by molar-refractivity contribution is 5.06. The maximum atomic E-state index is 3.98. The Balaban J connectivity index is -0.000000111. The van der Waals surface area contributed by atoms with Crippen LogP contribution in [-0.4, -0.2) is 59.8 Å². The minimum absolute atomic E-state index is 0.759. The summed E-state index contributed by atoms with van der Waals surface area (Å²) in [5.41, 5.74) is 5.65. The van der Waals surface area contributed by atoms with Gasteiger partial charge in [-0.25, -0.2) is 44.9 Å². The Hall–Kier alpha value is -6.30. The Kier molecular flexibility index (Phi) is 76.3. The van der Waals surface area contributed by atoms with Crippen molar-refractivity contribution in [3.63, 3.8) is 0 Å². The molecule has 0 bridgehead atoms. The van der Waals surface area contributed by atoms with E-state index in [1.54, 1.807) is 61.8 Å². The molecule has 0 aliphatic heterocycles. The molecule has 0 saturated carbocycles. The number of hydrogen-bond acceptors (Lipinski definition) is 12. The molecule has 0 aliphatic rings. The van der Waals surface area contributed by atoms with E-state index in [2.05, 4.69) is 59.8 Å². The second-order valence-electron chi connectivity index (χ2n) is 9.77. The molecule has 12 heteroatoms. The first-order valence-corrected chi connectivity index (χ1v) is 22.1. The Morgan fingerprint density at radius 3 is 0.921 bits per heavy atom. The summed E-state index contributed by atoms with van der Waals surface area (Å²) in [5.74, 6) is 1.58. The molecule has 63 heavy (non-hydrogen) atoms. The third-order valence-corrected chi connectivity index (χ3v) is 5.21. The fourth-order valence-electron chi connectivity index (χ4n) is 2.72. The highest BCUT2D eigenvalue weighted by Crippen LogP contribution is 1.90. The van der Waals surface area contributed by atoms with Crippen LogP contribution >= 0.6 is 0 Å². The van der Waals surface area contributed by atoms with Crippen molar-refractivity contribution in [2.75, 3.05) is 0 Å². The van der Waals surface area contributed by atoms with Gasteiger partial charge in [0.2, 0.25) is 0 Å². The van der Waals surface area contributed by atoms with Crippen molar-refractivity contribution in [2.45, 2.75) is 145 Å². The van der Waals surface area contributed by atoms with Crippen LogP contribution in [0, 0.1) is 48.5 Å². The van der Waals surface area contributed by atoms with Crippen molar-refractivity contribution in [1.29, 1.82) is 0 Å². The molecular formula is C51H86N12. The molecule has 0 amide bonds. The van der Waals surface area contributed by atoms with Gasteiger partial charge in [0.15, 0.2) is 0 Å². The molecule has 0 spiro atoms. The average Bonchev–Trinajstić information content (AvgIpc) is 3.36. The summed E-state index contributed by atoms with van der Waals surface area (Å²) in [4.78, 5) is 45.7. The van der Waals surface area contributed by atoms with E-state index in [-0.39, 0.29) is 0 Å². The largest absolute Gasteiger partial charge is 0.265 e. The van der Waals surface area contributed by atoms with Crippen LogP contribution in [0.15, 0.2) is 142 Å². The van der Waals surface area contributed by atoms with Crippen LogP contribution in [0.1, 0.15) is 137 Å². The van der Waals surface area contributed by atoms with E-state index in [1.165, 1.54) is 36.4 Å². The predicted octanol–water partition coefficient (Wildman–Crippen LogP) is 13.9. The van der Waals surface area contributed by atoms with Crippen molar-refractivity contribution in [2.24, 2.45) is 0 Å². The summed E-state index contributed by atoms with van der Waals surface area (Å²) >= 11 is 0. The van der Waals surface area contributed by atoms with E-state index in [4.69, 9.17) is 0 Å². The number of pyridine rings is 3. The van der Waals surface area contributed by atoms with Gasteiger partial charge in [0.25, 0.3) is 0 Å². The summed E-state index contributed by atoms with van der Waals surface area (Å²) in [6.45, 7) is 41.6. The molecule has 7 aromatic rings. The average molecular weight is 867 g/mol. The van der Waals surface area contributed by atoms with Gasteiger partial charge >= 0.3 is 0 Å². The molecule has 0 unspecified atom stereocenters. The summed E-state index contributed by atoms with van der Waals surface area (Å²) in [5, 5.41) is 0. The number of hydrogen-bond donors (Lipinski definition) is 0. The number of nitrogens with zero attached hydrogens (tertiary/aromatic N) is 12. The molecule has 0 saturated heterocycles. The topological polar surface area (TPSA) is 155 Å². The van der Waals surface area contributed by atoms with Crippen LogP contribution in [0.3, 0.4) is 0 Å². The molecule has 0 radical (unpaired) electrons. The molecule has 0 N–H and O–H groups in total. The van der Waals surface area contributed by atoms with Gasteiger partial charge in [0, 0.05) is 73.4 Å². The lowest BCUT2D eigenvalue weighted by Gasteiger charge is -1.82. The summed E-state index contributed by atoms with van der Waals surface area (Å²) in [7, 11) is 0. The highest BCUT2D eigenvalue weighted by atomic mass is 15.0. The molecule has 7 rings (SSSR count). The first-order valence-electron chi connectivity index (χ1n) is 22.1. The Bertz CT molecular complexity index is 1320. The van der Waals surface area contributed by atoms with E-state index < -0.39 is 0 Å². The smallest absolute Gasteiger partial charge is 0.128 e. The molecule has 0 atom stereocenters. The number of rotatable bonds is 0. The Morgan fingerprint density at radius 1 is 0.254 bits per heavy atom. The number of aryl methyl sites for hydroxylation is 7. The maximum Gasteiger partial charge on any atom is 0.128 e. The fraction of sp³-hybridized carbons (Fsp3) is 0.412. The van der Waals surface area contributed by atoms with Crippen LogP contribution in [-0.2, 0) is 0 Å². The van der Waals surface area contributed by atoms with Gasteiger partial charge in [-0.15, -0.1) is 0 Å². The second-order valence-corrected chi connectivity index (χ2v) is 9.77. The van der Waals surface area contributed by atoms with E-state index in [9.17, 15) is 0 Å². The molecule has 0 fully saturated rings. The van der Waals surface area contributed by atoms with Crippen LogP contribution in [0.25, 0.3) is 0 Å². The molecular weight excluding hydrogens is 781 g/mol. The third kappa shape index (κ3) is 65.0. The summed E-state index contributed by atoms with van der Waals surface area (Å²) in [6, 6.07) is 17.4. The van der Waals surface area contributed by atoms with Crippen molar-refractivity contribution in [3.05, 3.63) is 182 Å². The first-order chi connectivity index (χ1) is 30.8. The summed E-state index contributed by atoms with van der Waals surface area (Å²) in [6.07, 6.45) is 23.7. The maximum absolute atomic E-state index is 3.98. The lowest BCUT2D eigenvalue weighted by atomic mass is 10.3. The molecule has 0 aromatic carbocycles. The lowest BCUT2D eigenvalue weighted by Crippen LogP contribution is -1.84. The monoisotopic (exact) mass is 867 g/mol. The zero-order valence-corrected chi connectivity index (χ0v) is 43.1. The van der Waals surface area contributed by atoms with Crippen LogP contribution in [0.4, 0.5) is 0 Å².